The Morgan fingerprint density at radius 3 is 2.14 bits per heavy atom. The van der Waals surface area contributed by atoms with E-state index in [0.29, 0.717) is 5.25 Å². The quantitative estimate of drug-likeness (QED) is 0.204. The van der Waals surface area contributed by atoms with E-state index in [9.17, 15) is 0 Å². The Bertz CT molecular complexity index is 1310. The van der Waals surface area contributed by atoms with Crippen LogP contribution in [-0.4, -0.2) is 16.3 Å². The molecule has 0 N–H and O–H groups in total. The fourth-order valence-corrected chi connectivity index (χ4v) is 11.6. The SMILES string of the molecule is CCCC(S)c1cccc2c1ccc1c3cccc(C4C5C6CS645)c3ccc21. The molecular formula is C26H24S2. The lowest BCUT2D eigenvalue weighted by Gasteiger charge is -2.16. The Labute approximate surface area is 173 Å². The third-order valence-corrected chi connectivity index (χ3v) is 12.7. The molecule has 0 aromatic heterocycles. The van der Waals surface area contributed by atoms with E-state index < -0.39 is 0 Å². The Kier molecular flexibility index (Phi) is 3.06. The van der Waals surface area contributed by atoms with Crippen molar-refractivity contribution in [2.45, 2.75) is 40.8 Å². The van der Waals surface area contributed by atoms with Crippen LogP contribution in [-0.2, 0) is 0 Å². The van der Waals surface area contributed by atoms with Gasteiger partial charge in [0.25, 0.3) is 0 Å². The smallest absolute Gasteiger partial charge is 0.0273 e. The molecule has 5 unspecified atom stereocenters. The summed E-state index contributed by atoms with van der Waals surface area (Å²) in [6.07, 6.45) is 2.28. The van der Waals surface area contributed by atoms with Crippen LogP contribution in [0.2, 0.25) is 0 Å². The number of hydrogen-bond donors (Lipinski definition) is 1. The number of benzene rings is 4. The first-order valence-corrected chi connectivity index (χ1v) is 13.1. The normalized spacial score (nSPS) is 32.6. The second-order valence-corrected chi connectivity index (χ2v) is 13.3. The largest absolute Gasteiger partial charge is 0.222 e. The van der Waals surface area contributed by atoms with Gasteiger partial charge in [0, 0.05) is 21.0 Å². The van der Waals surface area contributed by atoms with E-state index in [1.165, 1.54) is 43.1 Å². The fourth-order valence-electron chi connectivity index (χ4n) is 5.93. The summed E-state index contributed by atoms with van der Waals surface area (Å²) >= 11 is 4.90. The second-order valence-electron chi connectivity index (χ2n) is 8.91. The second kappa shape index (κ2) is 5.29. The first-order valence-electron chi connectivity index (χ1n) is 10.6. The molecule has 4 aromatic carbocycles. The van der Waals surface area contributed by atoms with Gasteiger partial charge >= 0.3 is 0 Å². The lowest BCUT2D eigenvalue weighted by atomic mass is 9.91. The minimum atomic E-state index is -0.0857. The molecule has 3 heterocycles. The summed E-state index contributed by atoms with van der Waals surface area (Å²) in [7, 11) is -0.0857. The van der Waals surface area contributed by atoms with Gasteiger partial charge in [0.05, 0.1) is 0 Å². The van der Waals surface area contributed by atoms with E-state index >= 15 is 0 Å². The van der Waals surface area contributed by atoms with Crippen molar-refractivity contribution in [1.82, 2.24) is 0 Å². The highest BCUT2D eigenvalue weighted by atomic mass is 32.3. The van der Waals surface area contributed by atoms with Crippen LogP contribution in [0.4, 0.5) is 0 Å². The van der Waals surface area contributed by atoms with Crippen molar-refractivity contribution in [1.29, 1.82) is 0 Å². The van der Waals surface area contributed by atoms with Gasteiger partial charge in [-0.1, -0.05) is 74.0 Å². The van der Waals surface area contributed by atoms with Crippen molar-refractivity contribution >= 4 is 55.0 Å². The number of rotatable bonds is 4. The van der Waals surface area contributed by atoms with Gasteiger partial charge in [-0.2, -0.15) is 12.6 Å². The van der Waals surface area contributed by atoms with E-state index in [-0.39, 0.29) is 10.0 Å². The van der Waals surface area contributed by atoms with Crippen LogP contribution in [0.1, 0.15) is 41.4 Å². The molecule has 3 fully saturated rings. The van der Waals surface area contributed by atoms with Gasteiger partial charge in [0.15, 0.2) is 0 Å². The molecule has 1 spiro atoms. The molecule has 0 bridgehead atoms. The van der Waals surface area contributed by atoms with Crippen LogP contribution in [0.5, 0.6) is 0 Å². The van der Waals surface area contributed by atoms with Gasteiger partial charge in [-0.3, -0.25) is 0 Å². The van der Waals surface area contributed by atoms with E-state index in [4.69, 9.17) is 12.6 Å². The maximum absolute atomic E-state index is 4.90. The van der Waals surface area contributed by atoms with Crippen molar-refractivity contribution < 1.29 is 0 Å². The summed E-state index contributed by atoms with van der Waals surface area (Å²) in [5.41, 5.74) is 3.03. The van der Waals surface area contributed by atoms with Crippen molar-refractivity contribution in [2.75, 3.05) is 5.75 Å². The van der Waals surface area contributed by atoms with Crippen LogP contribution in [0.3, 0.4) is 0 Å². The summed E-state index contributed by atoms with van der Waals surface area (Å²) in [5, 5.41) is 12.1. The predicted molar refractivity (Wildman–Crippen MR) is 128 cm³/mol. The Balaban J connectivity index is 1.46. The minimum absolute atomic E-state index is 0.0857. The first-order chi connectivity index (χ1) is 13.8. The summed E-state index contributed by atoms with van der Waals surface area (Å²) in [6.45, 7) is 2.24. The van der Waals surface area contributed by atoms with Gasteiger partial charge in [-0.25, -0.2) is 10.0 Å². The van der Waals surface area contributed by atoms with Crippen molar-refractivity contribution in [3.05, 3.63) is 71.8 Å². The van der Waals surface area contributed by atoms with E-state index in [0.717, 1.165) is 23.3 Å². The zero-order valence-electron chi connectivity index (χ0n) is 16.1. The van der Waals surface area contributed by atoms with Crippen molar-refractivity contribution in [3.8, 4) is 0 Å². The molecule has 140 valence electrons. The molecule has 0 nitrogen and oxygen atoms in total. The third kappa shape index (κ3) is 1.87. The van der Waals surface area contributed by atoms with E-state index in [1.807, 2.05) is 0 Å². The zero-order valence-corrected chi connectivity index (χ0v) is 17.8. The Hall–Kier alpha value is -1.64. The standard InChI is InChI=1S/C26H24S2/c1-2-5-23(27)21-8-3-6-15-17-11-13-20-16(18(17)10-12-19(15)21)7-4-9-22(20)25-26-24-14-28(24,25)26/h3-4,6-13,23-27H,2,5,14H2,1H3. The number of fused-ring (bicyclic) bond motifs is 6. The summed E-state index contributed by atoms with van der Waals surface area (Å²) < 4.78 is 0. The molecule has 28 heavy (non-hydrogen) atoms. The Morgan fingerprint density at radius 1 is 0.857 bits per heavy atom. The molecule has 3 saturated heterocycles. The molecule has 0 aliphatic carbocycles. The highest BCUT2D eigenvalue weighted by molar-refractivity contribution is 8.53. The molecule has 0 amide bonds. The van der Waals surface area contributed by atoms with Crippen LogP contribution >= 0.6 is 22.7 Å². The third-order valence-electron chi connectivity index (χ3n) is 7.60. The van der Waals surface area contributed by atoms with Crippen LogP contribution < -0.4 is 0 Å². The molecule has 5 atom stereocenters. The average Bonchev–Trinajstić information content (AvgIpc) is 3.65. The lowest BCUT2D eigenvalue weighted by Crippen LogP contribution is -1.95. The topological polar surface area (TPSA) is 0 Å². The van der Waals surface area contributed by atoms with Gasteiger partial charge in [-0.05, 0) is 55.6 Å². The lowest BCUT2D eigenvalue weighted by molar-refractivity contribution is 0.787. The molecule has 7 rings (SSSR count). The highest BCUT2D eigenvalue weighted by Gasteiger charge is 2.94. The van der Waals surface area contributed by atoms with Crippen molar-refractivity contribution in [3.63, 3.8) is 0 Å². The van der Waals surface area contributed by atoms with Gasteiger partial charge in [0.2, 0.25) is 0 Å². The van der Waals surface area contributed by atoms with Crippen LogP contribution in [0.25, 0.3) is 32.3 Å². The molecule has 4 aromatic rings. The first kappa shape index (κ1) is 16.2. The number of hydrogen-bond acceptors (Lipinski definition) is 1. The van der Waals surface area contributed by atoms with Gasteiger partial charge in [-0.15, -0.1) is 0 Å². The summed E-state index contributed by atoms with van der Waals surface area (Å²) in [5.74, 6) is 1.59. The molecular weight excluding hydrogens is 376 g/mol. The Morgan fingerprint density at radius 2 is 1.46 bits per heavy atom. The molecule has 3 aliphatic rings. The maximum Gasteiger partial charge on any atom is 0.0273 e. The van der Waals surface area contributed by atoms with Gasteiger partial charge in [0.1, 0.15) is 0 Å². The van der Waals surface area contributed by atoms with E-state index in [2.05, 4.69) is 67.6 Å². The fraction of sp³-hybridized carbons (Fsp3) is 0.308. The number of thiol groups is 1. The molecule has 2 heteroatoms. The average molecular weight is 401 g/mol. The monoisotopic (exact) mass is 400 g/mol. The predicted octanol–water partition coefficient (Wildman–Crippen LogP) is 7.54. The molecule has 3 aliphatic heterocycles. The minimum Gasteiger partial charge on any atom is -0.222 e. The van der Waals surface area contributed by atoms with Crippen LogP contribution in [0.15, 0.2) is 60.7 Å². The van der Waals surface area contributed by atoms with Gasteiger partial charge < -0.3 is 0 Å². The molecule has 0 saturated carbocycles. The highest BCUT2D eigenvalue weighted by Crippen LogP contribution is 3.14. The van der Waals surface area contributed by atoms with E-state index in [1.54, 1.807) is 11.3 Å². The summed E-state index contributed by atoms with van der Waals surface area (Å²) in [4.78, 5) is 0. The molecule has 0 radical (unpaired) electrons. The van der Waals surface area contributed by atoms with Crippen LogP contribution in [0, 0.1) is 0 Å². The summed E-state index contributed by atoms with van der Waals surface area (Å²) in [6, 6.07) is 23.3. The maximum atomic E-state index is 4.90. The van der Waals surface area contributed by atoms with Crippen molar-refractivity contribution in [2.24, 2.45) is 0 Å². The zero-order chi connectivity index (χ0) is 18.6.